The van der Waals surface area contributed by atoms with E-state index in [2.05, 4.69) is 55.6 Å². The molecule has 3 nitrogen and oxygen atoms in total. The van der Waals surface area contributed by atoms with Crippen molar-refractivity contribution in [1.29, 1.82) is 0 Å². The second-order valence-corrected chi connectivity index (χ2v) is 5.65. The van der Waals surface area contributed by atoms with Gasteiger partial charge in [0.1, 0.15) is 0 Å². The number of ether oxygens (including phenoxy) is 2. The first kappa shape index (κ1) is 17.4. The fourth-order valence-electron chi connectivity index (χ4n) is 2.32. The fraction of sp³-hybridized carbons (Fsp3) is 0.400. The average molecular weight is 313 g/mol. The molecule has 0 unspecified atom stereocenters. The molecule has 0 aliphatic carbocycles. The molecule has 0 saturated carbocycles. The van der Waals surface area contributed by atoms with Crippen LogP contribution >= 0.6 is 0 Å². The highest BCUT2D eigenvalue weighted by molar-refractivity contribution is 5.43. The van der Waals surface area contributed by atoms with Crippen molar-refractivity contribution in [2.45, 2.75) is 40.3 Å². The van der Waals surface area contributed by atoms with Gasteiger partial charge in [0.05, 0.1) is 13.2 Å². The van der Waals surface area contributed by atoms with Gasteiger partial charge in [-0.15, -0.1) is 0 Å². The molecule has 0 spiro atoms. The van der Waals surface area contributed by atoms with E-state index in [0.29, 0.717) is 13.2 Å². The van der Waals surface area contributed by atoms with E-state index in [9.17, 15) is 0 Å². The number of aryl methyl sites for hydroxylation is 1. The first-order valence-corrected chi connectivity index (χ1v) is 8.37. The molecule has 1 N–H and O–H groups in total. The Kier molecular flexibility index (Phi) is 6.95. The van der Waals surface area contributed by atoms with Crippen LogP contribution < -0.4 is 14.8 Å². The van der Waals surface area contributed by atoms with Crippen molar-refractivity contribution in [3.8, 4) is 11.5 Å². The van der Waals surface area contributed by atoms with Gasteiger partial charge in [0.15, 0.2) is 11.5 Å². The summed E-state index contributed by atoms with van der Waals surface area (Å²) >= 11 is 0. The lowest BCUT2D eigenvalue weighted by Gasteiger charge is -2.13. The third-order valence-corrected chi connectivity index (χ3v) is 3.55. The Hall–Kier alpha value is -2.00. The fourth-order valence-corrected chi connectivity index (χ4v) is 2.32. The highest BCUT2D eigenvalue weighted by atomic mass is 16.5. The third kappa shape index (κ3) is 5.61. The molecule has 0 aliphatic heterocycles. The number of benzene rings is 2. The molecule has 2 rings (SSSR count). The van der Waals surface area contributed by atoms with Crippen molar-refractivity contribution in [2.75, 3.05) is 13.2 Å². The van der Waals surface area contributed by atoms with Crippen LogP contribution in [-0.4, -0.2) is 13.2 Å². The van der Waals surface area contributed by atoms with Gasteiger partial charge in [0, 0.05) is 13.1 Å². The second-order valence-electron chi connectivity index (χ2n) is 5.65. The second kappa shape index (κ2) is 9.21. The van der Waals surface area contributed by atoms with Gasteiger partial charge in [0.25, 0.3) is 0 Å². The number of nitrogens with one attached hydrogen (secondary N) is 1. The van der Waals surface area contributed by atoms with Gasteiger partial charge in [-0.3, -0.25) is 0 Å². The van der Waals surface area contributed by atoms with Crippen LogP contribution in [0.25, 0.3) is 0 Å². The van der Waals surface area contributed by atoms with Gasteiger partial charge in [0.2, 0.25) is 0 Å². The van der Waals surface area contributed by atoms with Crippen molar-refractivity contribution in [3.05, 3.63) is 59.2 Å². The van der Waals surface area contributed by atoms with Crippen molar-refractivity contribution in [2.24, 2.45) is 0 Å². The predicted molar refractivity (Wildman–Crippen MR) is 95.1 cm³/mol. The molecule has 0 bridgehead atoms. The zero-order valence-corrected chi connectivity index (χ0v) is 14.4. The molecule has 3 heteroatoms. The molecule has 0 radical (unpaired) electrons. The molecule has 23 heavy (non-hydrogen) atoms. The van der Waals surface area contributed by atoms with E-state index in [1.54, 1.807) is 0 Å². The maximum Gasteiger partial charge on any atom is 0.161 e. The summed E-state index contributed by atoms with van der Waals surface area (Å²) < 4.78 is 11.4. The van der Waals surface area contributed by atoms with E-state index in [1.807, 2.05) is 13.0 Å². The Bertz CT molecular complexity index is 593. The summed E-state index contributed by atoms with van der Waals surface area (Å²) in [5.74, 6) is 1.66. The first-order valence-electron chi connectivity index (χ1n) is 8.37. The van der Waals surface area contributed by atoms with Crippen LogP contribution in [0.3, 0.4) is 0 Å². The van der Waals surface area contributed by atoms with Gasteiger partial charge in [-0.25, -0.2) is 0 Å². The number of hydrogen-bond acceptors (Lipinski definition) is 3. The molecular weight excluding hydrogens is 286 g/mol. The van der Waals surface area contributed by atoms with Crippen LogP contribution in [0.1, 0.15) is 37.0 Å². The van der Waals surface area contributed by atoms with Crippen LogP contribution in [0, 0.1) is 6.92 Å². The van der Waals surface area contributed by atoms with Gasteiger partial charge < -0.3 is 14.8 Å². The van der Waals surface area contributed by atoms with Gasteiger partial charge in [-0.1, -0.05) is 42.8 Å². The Morgan fingerprint density at radius 2 is 1.52 bits per heavy atom. The molecule has 0 heterocycles. The average Bonchev–Trinajstić information content (AvgIpc) is 2.56. The standard InChI is InChI=1S/C20H27NO2/c1-4-12-23-19-11-10-18(13-20(19)22-5-2)15-21-14-17-8-6-16(3)7-9-17/h6-11,13,21H,4-5,12,14-15H2,1-3H3. The zero-order valence-electron chi connectivity index (χ0n) is 14.4. The van der Waals surface area contributed by atoms with E-state index in [0.717, 1.165) is 31.0 Å². The van der Waals surface area contributed by atoms with Crippen molar-refractivity contribution in [1.82, 2.24) is 5.32 Å². The molecule has 124 valence electrons. The van der Waals surface area contributed by atoms with E-state index in [-0.39, 0.29) is 0 Å². The number of rotatable bonds is 9. The maximum atomic E-state index is 5.73. The molecular formula is C20H27NO2. The summed E-state index contributed by atoms with van der Waals surface area (Å²) in [6, 6.07) is 14.8. The Morgan fingerprint density at radius 3 is 2.22 bits per heavy atom. The minimum atomic E-state index is 0.642. The van der Waals surface area contributed by atoms with Gasteiger partial charge in [-0.05, 0) is 43.5 Å². The summed E-state index contributed by atoms with van der Waals surface area (Å²) in [7, 11) is 0. The molecule has 0 fully saturated rings. The molecule has 2 aromatic carbocycles. The van der Waals surface area contributed by atoms with Crippen molar-refractivity contribution in [3.63, 3.8) is 0 Å². The molecule has 0 saturated heterocycles. The first-order chi connectivity index (χ1) is 11.2. The van der Waals surface area contributed by atoms with Gasteiger partial charge >= 0.3 is 0 Å². The largest absolute Gasteiger partial charge is 0.490 e. The van der Waals surface area contributed by atoms with Crippen LogP contribution in [-0.2, 0) is 13.1 Å². The highest BCUT2D eigenvalue weighted by Crippen LogP contribution is 2.28. The normalized spacial score (nSPS) is 10.6. The SMILES string of the molecule is CCCOc1ccc(CNCc2ccc(C)cc2)cc1OCC. The lowest BCUT2D eigenvalue weighted by molar-refractivity contribution is 0.276. The third-order valence-electron chi connectivity index (χ3n) is 3.55. The van der Waals surface area contributed by atoms with E-state index >= 15 is 0 Å². The molecule has 0 aliphatic rings. The van der Waals surface area contributed by atoms with Gasteiger partial charge in [-0.2, -0.15) is 0 Å². The lowest BCUT2D eigenvalue weighted by atomic mass is 10.1. The van der Waals surface area contributed by atoms with E-state index < -0.39 is 0 Å². The Labute approximate surface area is 139 Å². The molecule has 0 amide bonds. The van der Waals surface area contributed by atoms with Crippen LogP contribution in [0.5, 0.6) is 11.5 Å². The van der Waals surface area contributed by atoms with Crippen molar-refractivity contribution < 1.29 is 9.47 Å². The Balaban J connectivity index is 1.93. The van der Waals surface area contributed by atoms with Crippen LogP contribution in [0.4, 0.5) is 0 Å². The summed E-state index contributed by atoms with van der Waals surface area (Å²) in [6.07, 6.45) is 0.991. The lowest BCUT2D eigenvalue weighted by Crippen LogP contribution is -2.13. The summed E-state index contributed by atoms with van der Waals surface area (Å²) in [5, 5.41) is 3.47. The predicted octanol–water partition coefficient (Wildman–Crippen LogP) is 4.47. The molecule has 0 aromatic heterocycles. The molecule has 2 aromatic rings. The topological polar surface area (TPSA) is 30.5 Å². The van der Waals surface area contributed by atoms with E-state index in [4.69, 9.17) is 9.47 Å². The summed E-state index contributed by atoms with van der Waals surface area (Å²) in [6.45, 7) is 9.22. The van der Waals surface area contributed by atoms with Crippen LogP contribution in [0.2, 0.25) is 0 Å². The van der Waals surface area contributed by atoms with Crippen LogP contribution in [0.15, 0.2) is 42.5 Å². The smallest absolute Gasteiger partial charge is 0.161 e. The number of hydrogen-bond donors (Lipinski definition) is 1. The molecule has 0 atom stereocenters. The summed E-state index contributed by atoms with van der Waals surface area (Å²) in [5.41, 5.74) is 3.78. The monoisotopic (exact) mass is 313 g/mol. The zero-order chi connectivity index (χ0) is 16.5. The van der Waals surface area contributed by atoms with E-state index in [1.165, 1.54) is 16.7 Å². The summed E-state index contributed by atoms with van der Waals surface area (Å²) in [4.78, 5) is 0. The quantitative estimate of drug-likeness (QED) is 0.741. The van der Waals surface area contributed by atoms with Crippen molar-refractivity contribution >= 4 is 0 Å². The Morgan fingerprint density at radius 1 is 0.826 bits per heavy atom. The minimum absolute atomic E-state index is 0.642. The highest BCUT2D eigenvalue weighted by Gasteiger charge is 2.06. The maximum absolute atomic E-state index is 5.73. The minimum Gasteiger partial charge on any atom is -0.490 e.